The topological polar surface area (TPSA) is 70.1 Å². The number of anilines is 1. The number of nitrogens with two attached hydrogens (primary N) is 1. The molecule has 0 unspecified atom stereocenters. The van der Waals surface area contributed by atoms with Gasteiger partial charge in [-0.1, -0.05) is 12.1 Å². The standard InChI is InChI=1S/C13H15N3O2/c1-3-16-13(14)10(8-17)12(15-16)9-6-4-5-7-11(9)18-2/h4-8H,3,14H2,1-2H3. The average Bonchev–Trinajstić information content (AvgIpc) is 2.74. The molecular formula is C13H15N3O2. The Morgan fingerprint density at radius 3 is 2.78 bits per heavy atom. The number of carbonyl (C=O) groups is 1. The summed E-state index contributed by atoms with van der Waals surface area (Å²) in [5.41, 5.74) is 7.61. The first kappa shape index (κ1) is 12.2. The Labute approximate surface area is 105 Å². The first-order valence-electron chi connectivity index (χ1n) is 5.67. The lowest BCUT2D eigenvalue weighted by atomic mass is 10.1. The minimum absolute atomic E-state index is 0.383. The van der Waals surface area contributed by atoms with Crippen LogP contribution >= 0.6 is 0 Å². The van der Waals surface area contributed by atoms with E-state index in [0.717, 1.165) is 11.8 Å². The largest absolute Gasteiger partial charge is 0.496 e. The van der Waals surface area contributed by atoms with E-state index in [4.69, 9.17) is 10.5 Å². The molecule has 0 atom stereocenters. The maximum absolute atomic E-state index is 11.2. The normalized spacial score (nSPS) is 10.3. The van der Waals surface area contributed by atoms with Gasteiger partial charge in [0.2, 0.25) is 0 Å². The fourth-order valence-electron chi connectivity index (χ4n) is 1.89. The zero-order valence-corrected chi connectivity index (χ0v) is 10.4. The Bertz CT molecular complexity index is 576. The number of hydrogen-bond donors (Lipinski definition) is 1. The van der Waals surface area contributed by atoms with Crippen molar-refractivity contribution in [3.05, 3.63) is 29.8 Å². The van der Waals surface area contributed by atoms with Crippen LogP contribution < -0.4 is 10.5 Å². The number of hydrogen-bond acceptors (Lipinski definition) is 4. The van der Waals surface area contributed by atoms with Gasteiger partial charge in [0.05, 0.1) is 12.7 Å². The molecule has 0 saturated carbocycles. The Kier molecular flexibility index (Phi) is 3.32. The van der Waals surface area contributed by atoms with Crippen LogP contribution in [0.4, 0.5) is 5.82 Å². The third-order valence-corrected chi connectivity index (χ3v) is 2.81. The van der Waals surface area contributed by atoms with Gasteiger partial charge >= 0.3 is 0 Å². The Balaban J connectivity index is 2.67. The molecule has 0 spiro atoms. The molecule has 0 amide bonds. The summed E-state index contributed by atoms with van der Waals surface area (Å²) in [5.74, 6) is 1.05. The lowest BCUT2D eigenvalue weighted by Crippen LogP contribution is -2.02. The van der Waals surface area contributed by atoms with Crippen LogP contribution in [0.5, 0.6) is 5.75 Å². The molecule has 0 aliphatic rings. The molecule has 5 nitrogen and oxygen atoms in total. The van der Waals surface area contributed by atoms with Crippen LogP contribution in [0.1, 0.15) is 17.3 Å². The molecule has 0 fully saturated rings. The number of benzene rings is 1. The van der Waals surface area contributed by atoms with E-state index in [1.54, 1.807) is 11.8 Å². The summed E-state index contributed by atoms with van der Waals surface area (Å²) in [7, 11) is 1.58. The van der Waals surface area contributed by atoms with E-state index in [9.17, 15) is 4.79 Å². The van der Waals surface area contributed by atoms with Gasteiger partial charge in [0.15, 0.2) is 6.29 Å². The van der Waals surface area contributed by atoms with Crippen molar-refractivity contribution in [2.75, 3.05) is 12.8 Å². The molecule has 1 aromatic carbocycles. The van der Waals surface area contributed by atoms with Gasteiger partial charge in [0.25, 0.3) is 0 Å². The van der Waals surface area contributed by atoms with Crippen LogP contribution in [0.25, 0.3) is 11.3 Å². The van der Waals surface area contributed by atoms with Gasteiger partial charge in [-0.15, -0.1) is 0 Å². The minimum Gasteiger partial charge on any atom is -0.496 e. The fourth-order valence-corrected chi connectivity index (χ4v) is 1.89. The summed E-state index contributed by atoms with van der Waals surface area (Å²) in [5, 5.41) is 4.36. The Hall–Kier alpha value is -2.30. The number of nitrogens with zero attached hydrogens (tertiary/aromatic N) is 2. The van der Waals surface area contributed by atoms with Crippen LogP contribution in [-0.4, -0.2) is 23.2 Å². The van der Waals surface area contributed by atoms with Gasteiger partial charge in [0, 0.05) is 12.1 Å². The highest BCUT2D eigenvalue weighted by atomic mass is 16.5. The Morgan fingerprint density at radius 2 is 2.17 bits per heavy atom. The smallest absolute Gasteiger partial charge is 0.156 e. The lowest BCUT2D eigenvalue weighted by molar-refractivity contribution is 0.112. The third-order valence-electron chi connectivity index (χ3n) is 2.81. The predicted molar refractivity (Wildman–Crippen MR) is 69.7 cm³/mol. The summed E-state index contributed by atoms with van der Waals surface area (Å²) in [6.45, 7) is 2.53. The maximum atomic E-state index is 11.2. The lowest BCUT2D eigenvalue weighted by Gasteiger charge is -2.05. The van der Waals surface area contributed by atoms with E-state index >= 15 is 0 Å². The van der Waals surface area contributed by atoms with Crippen molar-refractivity contribution in [2.24, 2.45) is 0 Å². The van der Waals surface area contributed by atoms with Crippen LogP contribution in [0.15, 0.2) is 24.3 Å². The number of aromatic nitrogens is 2. The number of ether oxygens (including phenoxy) is 1. The van der Waals surface area contributed by atoms with Gasteiger partial charge in [-0.3, -0.25) is 4.79 Å². The predicted octanol–water partition coefficient (Wildman–Crippen LogP) is 1.97. The number of aldehydes is 1. The SMILES string of the molecule is CCn1nc(-c2ccccc2OC)c(C=O)c1N. The van der Waals surface area contributed by atoms with Gasteiger partial charge in [0.1, 0.15) is 17.3 Å². The van der Waals surface area contributed by atoms with Crippen molar-refractivity contribution in [1.82, 2.24) is 9.78 Å². The summed E-state index contributed by atoms with van der Waals surface area (Å²) < 4.78 is 6.88. The number of methoxy groups -OCH3 is 1. The second-order valence-corrected chi connectivity index (χ2v) is 3.78. The molecule has 1 aromatic heterocycles. The Morgan fingerprint density at radius 1 is 1.44 bits per heavy atom. The summed E-state index contributed by atoms with van der Waals surface area (Å²) in [4.78, 5) is 11.2. The molecule has 2 rings (SSSR count). The zero-order valence-electron chi connectivity index (χ0n) is 10.4. The van der Waals surface area contributed by atoms with E-state index in [1.807, 2.05) is 31.2 Å². The van der Waals surface area contributed by atoms with Gasteiger partial charge in [-0.25, -0.2) is 4.68 Å². The van der Waals surface area contributed by atoms with E-state index < -0.39 is 0 Å². The van der Waals surface area contributed by atoms with Crippen molar-refractivity contribution in [2.45, 2.75) is 13.5 Å². The van der Waals surface area contributed by atoms with Gasteiger partial charge < -0.3 is 10.5 Å². The fraction of sp³-hybridized carbons (Fsp3) is 0.231. The summed E-state index contributed by atoms with van der Waals surface area (Å²) in [6.07, 6.45) is 0.732. The number of rotatable bonds is 4. The van der Waals surface area contributed by atoms with Crippen molar-refractivity contribution >= 4 is 12.1 Å². The first-order chi connectivity index (χ1) is 8.72. The van der Waals surface area contributed by atoms with Crippen molar-refractivity contribution in [3.8, 4) is 17.0 Å². The quantitative estimate of drug-likeness (QED) is 0.836. The highest BCUT2D eigenvalue weighted by Gasteiger charge is 2.18. The maximum Gasteiger partial charge on any atom is 0.156 e. The monoisotopic (exact) mass is 245 g/mol. The molecule has 2 N–H and O–H groups in total. The molecule has 18 heavy (non-hydrogen) atoms. The average molecular weight is 245 g/mol. The molecule has 5 heteroatoms. The van der Waals surface area contributed by atoms with Gasteiger partial charge in [-0.2, -0.15) is 5.10 Å². The molecular weight excluding hydrogens is 230 g/mol. The second kappa shape index (κ2) is 4.91. The van der Waals surface area contributed by atoms with Crippen LogP contribution in [-0.2, 0) is 6.54 Å². The number of aryl methyl sites for hydroxylation is 1. The summed E-state index contributed by atoms with van der Waals surface area (Å²) >= 11 is 0. The molecule has 0 bridgehead atoms. The third kappa shape index (κ3) is 1.84. The van der Waals surface area contributed by atoms with Crippen molar-refractivity contribution in [1.29, 1.82) is 0 Å². The van der Waals surface area contributed by atoms with E-state index in [-0.39, 0.29) is 0 Å². The van der Waals surface area contributed by atoms with Crippen LogP contribution in [0.3, 0.4) is 0 Å². The van der Waals surface area contributed by atoms with Crippen LogP contribution in [0.2, 0.25) is 0 Å². The zero-order chi connectivity index (χ0) is 13.1. The van der Waals surface area contributed by atoms with Crippen LogP contribution in [0, 0.1) is 0 Å². The van der Waals surface area contributed by atoms with Gasteiger partial charge in [-0.05, 0) is 19.1 Å². The minimum atomic E-state index is 0.383. The molecule has 2 aromatic rings. The van der Waals surface area contributed by atoms with Crippen molar-refractivity contribution in [3.63, 3.8) is 0 Å². The molecule has 0 saturated heterocycles. The molecule has 94 valence electrons. The summed E-state index contributed by atoms with van der Waals surface area (Å²) in [6, 6.07) is 7.41. The number of nitrogen functional groups attached to an aromatic ring is 1. The van der Waals surface area contributed by atoms with E-state index in [2.05, 4.69) is 5.10 Å². The number of carbonyl (C=O) groups excluding carboxylic acids is 1. The molecule has 1 heterocycles. The van der Waals surface area contributed by atoms with E-state index in [0.29, 0.717) is 29.4 Å². The molecule has 0 radical (unpaired) electrons. The second-order valence-electron chi connectivity index (χ2n) is 3.78. The molecule has 0 aliphatic heterocycles. The highest BCUT2D eigenvalue weighted by Crippen LogP contribution is 2.32. The molecule has 0 aliphatic carbocycles. The van der Waals surface area contributed by atoms with Crippen molar-refractivity contribution < 1.29 is 9.53 Å². The van der Waals surface area contributed by atoms with E-state index in [1.165, 1.54) is 0 Å². The highest BCUT2D eigenvalue weighted by molar-refractivity contribution is 5.92. The first-order valence-corrected chi connectivity index (χ1v) is 5.67. The number of para-hydroxylation sites is 1.